The molecule has 0 spiro atoms. The van der Waals surface area contributed by atoms with E-state index in [1.165, 1.54) is 23.0 Å². The monoisotopic (exact) mass is 299 g/mol. The van der Waals surface area contributed by atoms with Crippen LogP contribution in [0.15, 0.2) is 53.5 Å². The number of hydrogen-bond acceptors (Lipinski definition) is 2. The quantitative estimate of drug-likeness (QED) is 0.550. The summed E-state index contributed by atoms with van der Waals surface area (Å²) in [6, 6.07) is 13.1. The van der Waals surface area contributed by atoms with Crippen molar-refractivity contribution in [3.8, 4) is 5.69 Å². The number of nitrogens with zero attached hydrogens (tertiary/aromatic N) is 1. The first kappa shape index (κ1) is 14.0. The van der Waals surface area contributed by atoms with Gasteiger partial charge in [0.1, 0.15) is 7.85 Å². The van der Waals surface area contributed by atoms with Gasteiger partial charge in [0, 0.05) is 17.1 Å². The number of fused-ring (bicyclic) bond motifs is 1. The first-order valence-electron chi connectivity index (χ1n) is 7.68. The summed E-state index contributed by atoms with van der Waals surface area (Å²) in [5, 5.41) is 1.59. The second-order valence-electron chi connectivity index (χ2n) is 6.01. The summed E-state index contributed by atoms with van der Waals surface area (Å²) >= 11 is 0. The fourth-order valence-electron chi connectivity index (χ4n) is 3.04. The molecule has 4 heteroatoms. The summed E-state index contributed by atoms with van der Waals surface area (Å²) in [6.45, 7) is 0. The number of aldehydes is 1. The van der Waals surface area contributed by atoms with Crippen LogP contribution in [0.4, 0.5) is 0 Å². The maximum Gasteiger partial charge on any atom is 0.262 e. The smallest absolute Gasteiger partial charge is 0.262 e. The van der Waals surface area contributed by atoms with Gasteiger partial charge in [-0.25, -0.2) is 0 Å². The zero-order chi connectivity index (χ0) is 16.0. The van der Waals surface area contributed by atoms with Crippen molar-refractivity contribution in [1.29, 1.82) is 0 Å². The molecule has 1 fully saturated rings. The zero-order valence-electron chi connectivity index (χ0n) is 12.5. The minimum absolute atomic E-state index is 0.140. The van der Waals surface area contributed by atoms with E-state index in [9.17, 15) is 9.59 Å². The molecule has 1 aliphatic rings. The molecule has 4 rings (SSSR count). The number of rotatable bonds is 3. The lowest BCUT2D eigenvalue weighted by Gasteiger charge is -2.12. The van der Waals surface area contributed by atoms with Crippen molar-refractivity contribution in [1.82, 2.24) is 4.57 Å². The Morgan fingerprint density at radius 1 is 1.13 bits per heavy atom. The highest BCUT2D eigenvalue weighted by Crippen LogP contribution is 2.40. The van der Waals surface area contributed by atoms with E-state index in [1.807, 2.05) is 18.2 Å². The van der Waals surface area contributed by atoms with Crippen molar-refractivity contribution in [3.63, 3.8) is 0 Å². The van der Waals surface area contributed by atoms with Crippen molar-refractivity contribution >= 4 is 30.4 Å². The summed E-state index contributed by atoms with van der Waals surface area (Å²) in [5.41, 5.74) is 2.38. The van der Waals surface area contributed by atoms with Crippen LogP contribution in [0.2, 0.25) is 0 Å². The average molecular weight is 299 g/mol. The maximum atomic E-state index is 12.8. The van der Waals surface area contributed by atoms with E-state index in [2.05, 4.69) is 6.07 Å². The molecule has 3 aromatic rings. The van der Waals surface area contributed by atoms with Gasteiger partial charge in [-0.05, 0) is 47.9 Å². The van der Waals surface area contributed by atoms with Crippen molar-refractivity contribution in [2.45, 2.75) is 18.8 Å². The molecular weight excluding hydrogens is 285 g/mol. The molecule has 0 amide bonds. The van der Waals surface area contributed by atoms with Gasteiger partial charge in [-0.15, -0.1) is 0 Å². The van der Waals surface area contributed by atoms with Crippen LogP contribution in [0, 0.1) is 0 Å². The average Bonchev–Trinajstić information content (AvgIpc) is 3.40. The molecule has 1 aromatic heterocycles. The Kier molecular flexibility index (Phi) is 3.19. The van der Waals surface area contributed by atoms with Crippen LogP contribution in [-0.4, -0.2) is 18.7 Å². The standard InChI is InChI=1S/C19H14BNO2/c20-17-2-1-3-18(16(17)11-22)21-9-8-14-10-13(12-4-5-12)6-7-15(14)19(21)23/h1-3,6-12H,4-5H2. The van der Waals surface area contributed by atoms with Gasteiger partial charge in [-0.3, -0.25) is 14.2 Å². The van der Waals surface area contributed by atoms with Crippen LogP contribution in [0.3, 0.4) is 0 Å². The Morgan fingerprint density at radius 2 is 1.96 bits per heavy atom. The number of hydrogen-bond donors (Lipinski definition) is 0. The number of carbonyl (C=O) groups excluding carboxylic acids is 1. The van der Waals surface area contributed by atoms with Gasteiger partial charge in [0.15, 0.2) is 6.29 Å². The molecule has 0 saturated heterocycles. The number of pyridine rings is 1. The highest BCUT2D eigenvalue weighted by atomic mass is 16.1. The van der Waals surface area contributed by atoms with Gasteiger partial charge in [0.05, 0.1) is 5.69 Å². The molecule has 1 heterocycles. The molecule has 0 aliphatic heterocycles. The van der Waals surface area contributed by atoms with Gasteiger partial charge in [0.2, 0.25) is 0 Å². The van der Waals surface area contributed by atoms with E-state index in [4.69, 9.17) is 7.85 Å². The third kappa shape index (κ3) is 2.31. The van der Waals surface area contributed by atoms with Crippen molar-refractivity contribution < 1.29 is 4.79 Å². The van der Waals surface area contributed by atoms with Gasteiger partial charge < -0.3 is 0 Å². The SMILES string of the molecule is [B]c1cccc(-n2ccc3cc(C4CC4)ccc3c2=O)c1C=O. The predicted octanol–water partition coefficient (Wildman–Crippen LogP) is 2.47. The summed E-state index contributed by atoms with van der Waals surface area (Å²) in [7, 11) is 5.85. The second-order valence-corrected chi connectivity index (χ2v) is 6.01. The van der Waals surface area contributed by atoms with Crippen molar-refractivity contribution in [2.24, 2.45) is 0 Å². The second kappa shape index (κ2) is 5.23. The Labute approximate surface area is 135 Å². The lowest BCUT2D eigenvalue weighted by molar-refractivity contribution is 0.112. The molecule has 1 aliphatic carbocycles. The van der Waals surface area contributed by atoms with E-state index in [0.717, 1.165) is 5.39 Å². The largest absolute Gasteiger partial charge is 0.298 e. The predicted molar refractivity (Wildman–Crippen MR) is 92.3 cm³/mol. The number of aromatic nitrogens is 1. The van der Waals surface area contributed by atoms with Crippen LogP contribution in [0.25, 0.3) is 16.5 Å². The minimum Gasteiger partial charge on any atom is -0.298 e. The van der Waals surface area contributed by atoms with E-state index in [-0.39, 0.29) is 5.56 Å². The molecule has 2 radical (unpaired) electrons. The maximum absolute atomic E-state index is 12.8. The topological polar surface area (TPSA) is 39.1 Å². The molecule has 23 heavy (non-hydrogen) atoms. The van der Waals surface area contributed by atoms with Crippen LogP contribution in [-0.2, 0) is 0 Å². The van der Waals surface area contributed by atoms with E-state index >= 15 is 0 Å². The Bertz CT molecular complexity index is 986. The zero-order valence-corrected chi connectivity index (χ0v) is 12.5. The lowest BCUT2D eigenvalue weighted by Crippen LogP contribution is -2.22. The molecule has 0 unspecified atom stereocenters. The summed E-state index contributed by atoms with van der Waals surface area (Å²) in [5.74, 6) is 0.650. The molecule has 3 nitrogen and oxygen atoms in total. The van der Waals surface area contributed by atoms with Gasteiger partial charge in [-0.1, -0.05) is 29.7 Å². The van der Waals surface area contributed by atoms with Crippen LogP contribution in [0.5, 0.6) is 0 Å². The molecule has 110 valence electrons. The normalized spacial score (nSPS) is 14.1. The molecule has 0 atom stereocenters. The van der Waals surface area contributed by atoms with E-state index in [1.54, 1.807) is 24.4 Å². The van der Waals surface area contributed by atoms with Crippen molar-refractivity contribution in [3.05, 3.63) is 70.1 Å². The summed E-state index contributed by atoms with van der Waals surface area (Å²) in [6.07, 6.45) is 4.86. The first-order valence-corrected chi connectivity index (χ1v) is 7.68. The molecular formula is C19H14BNO2. The number of benzene rings is 2. The lowest BCUT2D eigenvalue weighted by atomic mass is 9.90. The molecule has 0 N–H and O–H groups in total. The van der Waals surface area contributed by atoms with Gasteiger partial charge >= 0.3 is 0 Å². The summed E-state index contributed by atoms with van der Waals surface area (Å²) in [4.78, 5) is 24.1. The minimum atomic E-state index is -0.140. The van der Waals surface area contributed by atoms with E-state index < -0.39 is 0 Å². The van der Waals surface area contributed by atoms with Crippen LogP contribution >= 0.6 is 0 Å². The van der Waals surface area contributed by atoms with Gasteiger partial charge in [0.25, 0.3) is 5.56 Å². The molecule has 2 aromatic carbocycles. The number of carbonyl (C=O) groups is 1. The molecule has 1 saturated carbocycles. The fourth-order valence-corrected chi connectivity index (χ4v) is 3.04. The highest BCUT2D eigenvalue weighted by molar-refractivity contribution is 6.35. The van der Waals surface area contributed by atoms with Crippen molar-refractivity contribution in [2.75, 3.05) is 0 Å². The molecule has 0 bridgehead atoms. The Hall–Kier alpha value is -2.62. The third-order valence-electron chi connectivity index (χ3n) is 4.47. The van der Waals surface area contributed by atoms with Crippen LogP contribution < -0.4 is 11.0 Å². The van der Waals surface area contributed by atoms with Gasteiger partial charge in [-0.2, -0.15) is 0 Å². The summed E-state index contributed by atoms with van der Waals surface area (Å²) < 4.78 is 1.49. The van der Waals surface area contributed by atoms with E-state index in [0.29, 0.717) is 34.3 Å². The Morgan fingerprint density at radius 3 is 2.70 bits per heavy atom. The highest BCUT2D eigenvalue weighted by Gasteiger charge is 2.23. The Balaban J connectivity index is 1.94. The van der Waals surface area contributed by atoms with Crippen LogP contribution in [0.1, 0.15) is 34.7 Å². The third-order valence-corrected chi connectivity index (χ3v) is 4.47. The first-order chi connectivity index (χ1) is 11.2. The fraction of sp³-hybridized carbons (Fsp3) is 0.158.